The molecular weight excluding hydrogens is 246 g/mol. The molecule has 0 radical (unpaired) electrons. The molecule has 1 N–H and O–H groups in total. The van der Waals surface area contributed by atoms with Crippen molar-refractivity contribution in [3.05, 3.63) is 46.0 Å². The molecule has 0 saturated carbocycles. The minimum absolute atomic E-state index is 0.108. The molecule has 0 bridgehead atoms. The van der Waals surface area contributed by atoms with E-state index in [1.165, 1.54) is 6.07 Å². The highest BCUT2D eigenvalue weighted by molar-refractivity contribution is 5.61. The Hall–Kier alpha value is -2.21. The fourth-order valence-electron chi connectivity index (χ4n) is 1.77. The molecule has 0 aliphatic heterocycles. The average Bonchev–Trinajstić information content (AvgIpc) is 2.84. The third-order valence-corrected chi connectivity index (χ3v) is 2.76. The molecule has 6 nitrogen and oxygen atoms in total. The average molecular weight is 261 g/mol. The van der Waals surface area contributed by atoms with Crippen LogP contribution in [0.5, 0.6) is 0 Å². The van der Waals surface area contributed by atoms with Gasteiger partial charge in [0.05, 0.1) is 17.7 Å². The summed E-state index contributed by atoms with van der Waals surface area (Å²) in [6.45, 7) is 5.12. The Morgan fingerprint density at radius 1 is 1.47 bits per heavy atom. The summed E-state index contributed by atoms with van der Waals surface area (Å²) >= 11 is 0. The van der Waals surface area contributed by atoms with Gasteiger partial charge in [-0.1, -0.05) is 6.92 Å². The third kappa shape index (κ3) is 2.97. The van der Waals surface area contributed by atoms with Gasteiger partial charge in [0.2, 0.25) is 5.89 Å². The molecule has 0 spiro atoms. The van der Waals surface area contributed by atoms with Gasteiger partial charge in [-0.15, -0.1) is 0 Å². The smallest absolute Gasteiger partial charge is 0.272 e. The number of aryl methyl sites for hydroxylation is 1. The van der Waals surface area contributed by atoms with E-state index in [2.05, 4.69) is 10.3 Å². The fourth-order valence-corrected chi connectivity index (χ4v) is 1.77. The Labute approximate surface area is 110 Å². The van der Waals surface area contributed by atoms with Crippen LogP contribution in [0.3, 0.4) is 0 Å². The zero-order valence-corrected chi connectivity index (χ0v) is 10.8. The second-order valence-electron chi connectivity index (χ2n) is 4.16. The first-order valence-electron chi connectivity index (χ1n) is 6.02. The predicted molar refractivity (Wildman–Crippen MR) is 70.7 cm³/mol. The topological polar surface area (TPSA) is 81.2 Å². The van der Waals surface area contributed by atoms with E-state index in [0.717, 1.165) is 12.1 Å². The minimum Gasteiger partial charge on any atom is -0.439 e. The van der Waals surface area contributed by atoms with E-state index in [0.29, 0.717) is 23.8 Å². The van der Waals surface area contributed by atoms with Crippen molar-refractivity contribution in [3.63, 3.8) is 0 Å². The number of nitro benzene ring substituents is 1. The zero-order valence-electron chi connectivity index (χ0n) is 10.8. The van der Waals surface area contributed by atoms with Gasteiger partial charge < -0.3 is 9.73 Å². The number of oxazole rings is 1. The summed E-state index contributed by atoms with van der Waals surface area (Å²) in [4.78, 5) is 14.5. The van der Waals surface area contributed by atoms with Crippen molar-refractivity contribution in [2.45, 2.75) is 20.4 Å². The van der Waals surface area contributed by atoms with Gasteiger partial charge in [0.25, 0.3) is 5.69 Å². The normalized spacial score (nSPS) is 10.6. The first-order chi connectivity index (χ1) is 9.11. The lowest BCUT2D eigenvalue weighted by atomic mass is 10.1. The van der Waals surface area contributed by atoms with E-state index in [1.54, 1.807) is 25.3 Å². The van der Waals surface area contributed by atoms with Crippen LogP contribution in [0.1, 0.15) is 18.4 Å². The number of benzene rings is 1. The maximum atomic E-state index is 10.8. The predicted octanol–water partition coefficient (Wildman–Crippen LogP) is 2.67. The SMILES string of the molecule is CCNCc1ncc(-c2ccc([N+](=O)[O-])c(C)c2)o1. The summed E-state index contributed by atoms with van der Waals surface area (Å²) in [6.07, 6.45) is 1.63. The molecular formula is C13H15N3O3. The van der Waals surface area contributed by atoms with Crippen molar-refractivity contribution < 1.29 is 9.34 Å². The van der Waals surface area contributed by atoms with Crippen LogP contribution in [0.2, 0.25) is 0 Å². The van der Waals surface area contributed by atoms with Gasteiger partial charge in [-0.3, -0.25) is 10.1 Å². The van der Waals surface area contributed by atoms with Crippen LogP contribution < -0.4 is 5.32 Å². The number of nitro groups is 1. The van der Waals surface area contributed by atoms with Crippen LogP contribution in [0.25, 0.3) is 11.3 Å². The molecule has 0 aliphatic rings. The Bertz CT molecular complexity index is 593. The van der Waals surface area contributed by atoms with Gasteiger partial charge >= 0.3 is 0 Å². The molecule has 0 unspecified atom stereocenters. The quantitative estimate of drug-likeness (QED) is 0.661. The van der Waals surface area contributed by atoms with Gasteiger partial charge in [-0.2, -0.15) is 0 Å². The highest BCUT2D eigenvalue weighted by Crippen LogP contribution is 2.26. The number of aromatic nitrogens is 1. The van der Waals surface area contributed by atoms with E-state index in [9.17, 15) is 10.1 Å². The standard InChI is InChI=1S/C13H15N3O3/c1-3-14-8-13-15-7-12(19-13)10-4-5-11(16(17)18)9(2)6-10/h4-7,14H,3,8H2,1-2H3. The molecule has 0 saturated heterocycles. The number of nitrogens with zero attached hydrogens (tertiary/aromatic N) is 2. The fraction of sp³-hybridized carbons (Fsp3) is 0.308. The molecule has 1 aromatic carbocycles. The Morgan fingerprint density at radius 2 is 2.26 bits per heavy atom. The lowest BCUT2D eigenvalue weighted by Crippen LogP contribution is -2.11. The van der Waals surface area contributed by atoms with E-state index in [-0.39, 0.29) is 5.69 Å². The van der Waals surface area contributed by atoms with Crippen molar-refractivity contribution in [3.8, 4) is 11.3 Å². The second kappa shape index (κ2) is 5.62. The molecule has 1 heterocycles. The van der Waals surface area contributed by atoms with Crippen LogP contribution >= 0.6 is 0 Å². The number of rotatable bonds is 5. The van der Waals surface area contributed by atoms with Crippen molar-refractivity contribution >= 4 is 5.69 Å². The van der Waals surface area contributed by atoms with Gasteiger partial charge in [0.15, 0.2) is 5.76 Å². The molecule has 1 aromatic heterocycles. The van der Waals surface area contributed by atoms with Gasteiger partial charge in [0, 0.05) is 17.2 Å². The van der Waals surface area contributed by atoms with Crippen LogP contribution in [0.4, 0.5) is 5.69 Å². The second-order valence-corrected chi connectivity index (χ2v) is 4.16. The van der Waals surface area contributed by atoms with Gasteiger partial charge in [0.1, 0.15) is 0 Å². The van der Waals surface area contributed by atoms with Crippen LogP contribution in [-0.2, 0) is 6.54 Å². The van der Waals surface area contributed by atoms with Crippen LogP contribution in [0.15, 0.2) is 28.8 Å². The highest BCUT2D eigenvalue weighted by Gasteiger charge is 2.13. The molecule has 100 valence electrons. The van der Waals surface area contributed by atoms with Gasteiger partial charge in [-0.25, -0.2) is 4.98 Å². The summed E-state index contributed by atoms with van der Waals surface area (Å²) in [7, 11) is 0. The molecule has 2 aromatic rings. The van der Waals surface area contributed by atoms with E-state index >= 15 is 0 Å². The Kier molecular flexibility index (Phi) is 3.91. The molecule has 19 heavy (non-hydrogen) atoms. The largest absolute Gasteiger partial charge is 0.439 e. The first-order valence-corrected chi connectivity index (χ1v) is 6.02. The van der Waals surface area contributed by atoms with Crippen LogP contribution in [0, 0.1) is 17.0 Å². The molecule has 0 atom stereocenters. The monoisotopic (exact) mass is 261 g/mol. The lowest BCUT2D eigenvalue weighted by Gasteiger charge is -2.00. The third-order valence-electron chi connectivity index (χ3n) is 2.76. The zero-order chi connectivity index (χ0) is 13.8. The summed E-state index contributed by atoms with van der Waals surface area (Å²) in [5, 5.41) is 13.9. The van der Waals surface area contributed by atoms with Crippen molar-refractivity contribution in [1.82, 2.24) is 10.3 Å². The maximum absolute atomic E-state index is 10.8. The first kappa shape index (κ1) is 13.2. The molecule has 6 heteroatoms. The summed E-state index contributed by atoms with van der Waals surface area (Å²) < 4.78 is 5.58. The molecule has 2 rings (SSSR count). The summed E-state index contributed by atoms with van der Waals surface area (Å²) in [6, 6.07) is 4.88. The van der Waals surface area contributed by atoms with Crippen LogP contribution in [-0.4, -0.2) is 16.5 Å². The number of nitrogens with one attached hydrogen (secondary N) is 1. The molecule has 0 aliphatic carbocycles. The summed E-state index contributed by atoms with van der Waals surface area (Å²) in [5.41, 5.74) is 1.50. The Morgan fingerprint density at radius 3 is 2.89 bits per heavy atom. The highest BCUT2D eigenvalue weighted by atomic mass is 16.6. The maximum Gasteiger partial charge on any atom is 0.272 e. The van der Waals surface area contributed by atoms with E-state index in [4.69, 9.17) is 4.42 Å². The molecule has 0 fully saturated rings. The number of hydrogen-bond acceptors (Lipinski definition) is 5. The number of hydrogen-bond donors (Lipinski definition) is 1. The van der Waals surface area contributed by atoms with Gasteiger partial charge in [-0.05, 0) is 25.6 Å². The van der Waals surface area contributed by atoms with E-state index in [1.807, 2.05) is 6.92 Å². The van der Waals surface area contributed by atoms with Crippen molar-refractivity contribution in [2.75, 3.05) is 6.54 Å². The van der Waals surface area contributed by atoms with Crippen molar-refractivity contribution in [2.24, 2.45) is 0 Å². The van der Waals surface area contributed by atoms with E-state index < -0.39 is 4.92 Å². The summed E-state index contributed by atoms with van der Waals surface area (Å²) in [5.74, 6) is 1.22. The lowest BCUT2D eigenvalue weighted by molar-refractivity contribution is -0.385. The minimum atomic E-state index is -0.393. The Balaban J connectivity index is 2.24. The van der Waals surface area contributed by atoms with Crippen molar-refractivity contribution in [1.29, 1.82) is 0 Å². The molecule has 0 amide bonds.